The topological polar surface area (TPSA) is 58.6 Å². The molecule has 0 saturated heterocycles. The fraction of sp³-hybridized carbons (Fsp3) is 1.00. The Kier molecular flexibility index (Phi) is 29.6. The van der Waals surface area contributed by atoms with Crippen molar-refractivity contribution < 1.29 is 28.5 Å². The molecule has 0 aliphatic carbocycles. The van der Waals surface area contributed by atoms with Gasteiger partial charge in [0.25, 0.3) is 0 Å². The van der Waals surface area contributed by atoms with Crippen LogP contribution >= 0.6 is 17.2 Å². The molecule has 0 radical (unpaired) electrons. The molecule has 0 aromatic heterocycles. The molecule has 0 rings (SSSR count). The number of methoxy groups -OCH3 is 1. The molecule has 2 atom stereocenters. The average molecular weight is 542 g/mol. The lowest BCUT2D eigenvalue weighted by Crippen LogP contribution is -2.29. The van der Waals surface area contributed by atoms with Gasteiger partial charge in [-0.15, -0.1) is 17.2 Å². The van der Waals surface area contributed by atoms with Crippen LogP contribution in [0.1, 0.15) is 72.6 Å². The van der Waals surface area contributed by atoms with E-state index in [9.17, 15) is 0 Å². The minimum atomic E-state index is -0.0450. The van der Waals surface area contributed by atoms with Crippen molar-refractivity contribution in [2.45, 2.75) is 85.2 Å². The third kappa shape index (κ3) is 24.7. The van der Waals surface area contributed by atoms with Crippen LogP contribution in [0.25, 0.3) is 0 Å². The van der Waals surface area contributed by atoms with Gasteiger partial charge in [0.1, 0.15) is 0 Å². The van der Waals surface area contributed by atoms with E-state index in [2.05, 4.69) is 32.8 Å². The summed E-state index contributed by atoms with van der Waals surface area (Å²) < 4.78 is 28.6. The first-order valence-electron chi connectivity index (χ1n) is 14.0. The molecule has 0 saturated carbocycles. The minimum absolute atomic E-state index is 0.0450. The van der Waals surface area contributed by atoms with Crippen molar-refractivity contribution in [3.8, 4) is 0 Å². The van der Waals surface area contributed by atoms with Gasteiger partial charge >= 0.3 is 0 Å². The Labute approximate surface area is 220 Å². The second-order valence-corrected chi connectivity index (χ2v) is 11.5. The number of nitrogens with zero attached hydrogens (tertiary/aromatic N) is 1. The van der Waals surface area contributed by atoms with Crippen LogP contribution in [-0.4, -0.2) is 102 Å². The summed E-state index contributed by atoms with van der Waals surface area (Å²) in [4.78, 5) is 6.08. The van der Waals surface area contributed by atoms with Crippen LogP contribution in [0.3, 0.4) is 0 Å². The van der Waals surface area contributed by atoms with E-state index in [1.165, 1.54) is 0 Å². The Balaban J connectivity index is 4.23. The van der Waals surface area contributed by atoms with Gasteiger partial charge in [-0.2, -0.15) is 5.06 Å². The van der Waals surface area contributed by atoms with Gasteiger partial charge in [-0.05, 0) is 56.8 Å². The maximum Gasteiger partial charge on any atom is 0.157 e. The van der Waals surface area contributed by atoms with E-state index < -0.39 is 0 Å². The summed E-state index contributed by atoms with van der Waals surface area (Å²) >= 11 is 0. The van der Waals surface area contributed by atoms with Gasteiger partial charge < -0.3 is 23.7 Å². The molecule has 0 aromatic rings. The molecule has 212 valence electrons. The number of hydrogen-bond donors (Lipinski definition) is 0. The van der Waals surface area contributed by atoms with Crippen molar-refractivity contribution in [1.29, 1.82) is 0 Å². The van der Waals surface area contributed by atoms with Crippen LogP contribution in [0, 0.1) is 0 Å². The van der Waals surface area contributed by atoms with E-state index in [0.29, 0.717) is 0 Å². The van der Waals surface area contributed by atoms with E-state index in [0.717, 1.165) is 139 Å². The van der Waals surface area contributed by atoms with E-state index in [1.807, 2.05) is 0 Å². The first-order valence-corrected chi connectivity index (χ1v) is 16.8. The maximum atomic E-state index is 6.08. The summed E-state index contributed by atoms with van der Waals surface area (Å²) in [6.45, 7) is 15.1. The van der Waals surface area contributed by atoms with Gasteiger partial charge in [-0.25, -0.2) is 0 Å². The molecule has 7 nitrogen and oxygen atoms in total. The van der Waals surface area contributed by atoms with Gasteiger partial charge in [-0.1, -0.05) is 27.7 Å². The molecule has 35 heavy (non-hydrogen) atoms. The highest BCUT2D eigenvalue weighted by Crippen LogP contribution is 2.18. The molecule has 0 aliphatic rings. The number of ether oxygens (including phenoxy) is 5. The van der Waals surface area contributed by atoms with Crippen molar-refractivity contribution >= 4 is 17.2 Å². The summed E-state index contributed by atoms with van der Waals surface area (Å²) in [5.74, 6) is 0. The standard InChI is InChI=1S/C26H57NO6P2/c1-6-15-29-25(30-16-7-2)11-21-34-23-13-27(33-20-10-19-28-5)14-24-35-22-12-26(31-17-8-3)32-18-9-4/h25-26,34-35H,6-24H2,1-5H3. The molecular weight excluding hydrogens is 484 g/mol. The van der Waals surface area contributed by atoms with Crippen LogP contribution in [0.15, 0.2) is 0 Å². The smallest absolute Gasteiger partial charge is 0.157 e. The summed E-state index contributed by atoms with van der Waals surface area (Å²) in [6.07, 6.45) is 11.5. The molecule has 0 N–H and O–H groups in total. The zero-order valence-electron chi connectivity index (χ0n) is 23.5. The second-order valence-electron chi connectivity index (χ2n) is 8.53. The largest absolute Gasteiger partial charge is 0.385 e. The van der Waals surface area contributed by atoms with E-state index in [4.69, 9.17) is 28.5 Å². The lowest BCUT2D eigenvalue weighted by molar-refractivity contribution is -0.154. The molecule has 0 aliphatic heterocycles. The highest BCUT2D eigenvalue weighted by Gasteiger charge is 2.11. The van der Waals surface area contributed by atoms with Crippen molar-refractivity contribution in [2.24, 2.45) is 0 Å². The first kappa shape index (κ1) is 35.6. The normalized spacial score (nSPS) is 12.7. The van der Waals surface area contributed by atoms with Crippen molar-refractivity contribution in [3.05, 3.63) is 0 Å². The Bertz CT molecular complexity index is 366. The SMILES string of the molecule is CCCOC(CCPCCN(CCPCCC(OCCC)OCCC)OCCCOC)OCCC. The van der Waals surface area contributed by atoms with Gasteiger partial charge in [0.05, 0.1) is 6.61 Å². The van der Waals surface area contributed by atoms with Gasteiger partial charge in [0.15, 0.2) is 12.6 Å². The molecule has 0 spiro atoms. The predicted octanol–water partition coefficient (Wildman–Crippen LogP) is 5.75. The molecular formula is C26H57NO6P2. The first-order chi connectivity index (χ1) is 17.2. The number of rotatable bonds is 29. The van der Waals surface area contributed by atoms with Crippen LogP contribution in [0.2, 0.25) is 0 Å². The molecule has 0 bridgehead atoms. The van der Waals surface area contributed by atoms with Crippen molar-refractivity contribution in [2.75, 3.05) is 84.5 Å². The zero-order valence-corrected chi connectivity index (χ0v) is 25.5. The summed E-state index contributed by atoms with van der Waals surface area (Å²) in [5.41, 5.74) is 0. The Morgan fingerprint density at radius 2 is 1.00 bits per heavy atom. The van der Waals surface area contributed by atoms with Gasteiger partial charge in [0, 0.05) is 66.1 Å². The lowest BCUT2D eigenvalue weighted by Gasteiger charge is -2.23. The average Bonchev–Trinajstić information content (AvgIpc) is 2.87. The van der Waals surface area contributed by atoms with E-state index >= 15 is 0 Å². The van der Waals surface area contributed by atoms with E-state index in [-0.39, 0.29) is 12.6 Å². The quantitative estimate of drug-likeness (QED) is 0.0517. The summed E-state index contributed by atoms with van der Waals surface area (Å²) in [5, 5.41) is 2.17. The van der Waals surface area contributed by atoms with Crippen LogP contribution in [0.5, 0.6) is 0 Å². The fourth-order valence-corrected chi connectivity index (χ4v) is 5.36. The fourth-order valence-electron chi connectivity index (χ4n) is 3.16. The Morgan fingerprint density at radius 1 is 0.571 bits per heavy atom. The van der Waals surface area contributed by atoms with Gasteiger partial charge in [0.2, 0.25) is 0 Å². The molecule has 2 unspecified atom stereocenters. The van der Waals surface area contributed by atoms with Crippen LogP contribution < -0.4 is 0 Å². The maximum absolute atomic E-state index is 6.08. The minimum Gasteiger partial charge on any atom is -0.385 e. The molecule has 0 amide bonds. The van der Waals surface area contributed by atoms with E-state index in [1.54, 1.807) is 7.11 Å². The van der Waals surface area contributed by atoms with Crippen molar-refractivity contribution in [3.63, 3.8) is 0 Å². The summed E-state index contributed by atoms with van der Waals surface area (Å²) in [7, 11) is 3.53. The molecule has 0 aromatic carbocycles. The van der Waals surface area contributed by atoms with Crippen molar-refractivity contribution in [1.82, 2.24) is 5.06 Å². The van der Waals surface area contributed by atoms with Gasteiger partial charge in [-0.3, -0.25) is 4.84 Å². The molecule has 0 fully saturated rings. The second kappa shape index (κ2) is 29.1. The third-order valence-electron chi connectivity index (χ3n) is 4.99. The zero-order chi connectivity index (χ0) is 25.8. The Morgan fingerprint density at radius 3 is 1.37 bits per heavy atom. The number of hydrogen-bond acceptors (Lipinski definition) is 7. The summed E-state index contributed by atoms with van der Waals surface area (Å²) in [6, 6.07) is 0. The predicted molar refractivity (Wildman–Crippen MR) is 152 cm³/mol. The highest BCUT2D eigenvalue weighted by molar-refractivity contribution is 7.38. The third-order valence-corrected chi connectivity index (χ3v) is 7.43. The monoisotopic (exact) mass is 541 g/mol. The van der Waals surface area contributed by atoms with Crippen LogP contribution in [0.4, 0.5) is 0 Å². The Hall–Kier alpha value is 0.580. The highest BCUT2D eigenvalue weighted by atomic mass is 31.1. The molecule has 0 heterocycles. The lowest BCUT2D eigenvalue weighted by atomic mass is 10.4. The number of hydroxylamine groups is 2. The van der Waals surface area contributed by atoms with Crippen LogP contribution in [-0.2, 0) is 28.5 Å². The molecule has 9 heteroatoms.